The second-order valence-corrected chi connectivity index (χ2v) is 3.11. The number of carbonyl (C=O) groups is 1. The van der Waals surface area contributed by atoms with E-state index in [1.54, 1.807) is 6.92 Å². The van der Waals surface area contributed by atoms with E-state index in [1.807, 2.05) is 0 Å². The smallest absolute Gasteiger partial charge is 0.436 e. The molecule has 0 fully saturated rings. The maximum Gasteiger partial charge on any atom is 0.436 e. The molecule has 0 bridgehead atoms. The fourth-order valence-electron chi connectivity index (χ4n) is 1.19. The van der Waals surface area contributed by atoms with Crippen molar-refractivity contribution in [2.24, 2.45) is 0 Å². The molecule has 7 heteroatoms. The van der Waals surface area contributed by atoms with E-state index in [0.717, 1.165) is 12.3 Å². The van der Waals surface area contributed by atoms with E-state index in [0.29, 0.717) is 0 Å². The Labute approximate surface area is 94.4 Å². The Morgan fingerprint density at radius 3 is 2.65 bits per heavy atom. The molecule has 1 rings (SSSR count). The molecule has 0 unspecified atom stereocenters. The highest BCUT2D eigenvalue weighted by Gasteiger charge is 2.37. The lowest BCUT2D eigenvalue weighted by Gasteiger charge is -2.09. The molecule has 94 valence electrons. The van der Waals surface area contributed by atoms with E-state index in [1.165, 1.54) is 0 Å². The van der Waals surface area contributed by atoms with Crippen molar-refractivity contribution in [2.45, 2.75) is 19.5 Å². The summed E-state index contributed by atoms with van der Waals surface area (Å²) in [6.45, 7) is 1.62. The van der Waals surface area contributed by atoms with Crippen molar-refractivity contribution in [1.29, 1.82) is 0 Å². The fourth-order valence-corrected chi connectivity index (χ4v) is 1.19. The van der Waals surface area contributed by atoms with Crippen molar-refractivity contribution in [3.8, 4) is 0 Å². The molecular weight excluding hydrogens is 242 g/mol. The molecule has 1 aromatic heterocycles. The van der Waals surface area contributed by atoms with Gasteiger partial charge in [0.2, 0.25) is 0 Å². The number of halogens is 4. The SMILES string of the molecule is CCOC(=O)Cc1ccnc(C(F)(F)F)c1F. The summed E-state index contributed by atoms with van der Waals surface area (Å²) in [7, 11) is 0. The third-order valence-corrected chi connectivity index (χ3v) is 1.88. The highest BCUT2D eigenvalue weighted by molar-refractivity contribution is 5.72. The van der Waals surface area contributed by atoms with Crippen LogP contribution in [0.15, 0.2) is 12.3 Å². The lowest BCUT2D eigenvalue weighted by molar-refractivity contribution is -0.145. The van der Waals surface area contributed by atoms with Crippen LogP contribution in [0.25, 0.3) is 0 Å². The number of rotatable bonds is 3. The van der Waals surface area contributed by atoms with Crippen LogP contribution in [0.3, 0.4) is 0 Å². The van der Waals surface area contributed by atoms with Gasteiger partial charge < -0.3 is 4.74 Å². The number of alkyl halides is 3. The number of hydrogen-bond acceptors (Lipinski definition) is 3. The normalized spacial score (nSPS) is 11.4. The van der Waals surface area contributed by atoms with Crippen LogP contribution in [-0.4, -0.2) is 17.6 Å². The first-order chi connectivity index (χ1) is 7.86. The molecule has 0 saturated heterocycles. The number of aromatic nitrogens is 1. The van der Waals surface area contributed by atoms with Gasteiger partial charge in [-0.15, -0.1) is 0 Å². The first kappa shape index (κ1) is 13.4. The largest absolute Gasteiger partial charge is 0.466 e. The third kappa shape index (κ3) is 3.40. The lowest BCUT2D eigenvalue weighted by Crippen LogP contribution is -2.15. The van der Waals surface area contributed by atoms with E-state index in [-0.39, 0.29) is 12.2 Å². The molecule has 3 nitrogen and oxygen atoms in total. The average Bonchev–Trinajstić information content (AvgIpc) is 2.19. The van der Waals surface area contributed by atoms with Gasteiger partial charge in [-0.25, -0.2) is 9.37 Å². The van der Waals surface area contributed by atoms with E-state index in [2.05, 4.69) is 9.72 Å². The molecule has 0 N–H and O–H groups in total. The number of hydrogen-bond donors (Lipinski definition) is 0. The summed E-state index contributed by atoms with van der Waals surface area (Å²) < 4.78 is 54.8. The van der Waals surface area contributed by atoms with Gasteiger partial charge in [-0.3, -0.25) is 4.79 Å². The second-order valence-electron chi connectivity index (χ2n) is 3.11. The Kier molecular flexibility index (Phi) is 4.03. The van der Waals surface area contributed by atoms with Gasteiger partial charge in [0.05, 0.1) is 13.0 Å². The van der Waals surface area contributed by atoms with Crippen molar-refractivity contribution < 1.29 is 27.1 Å². The Balaban J connectivity index is 2.99. The van der Waals surface area contributed by atoms with Crippen LogP contribution in [-0.2, 0) is 22.1 Å². The molecule has 0 atom stereocenters. The van der Waals surface area contributed by atoms with Crippen LogP contribution in [0.2, 0.25) is 0 Å². The van der Waals surface area contributed by atoms with Crippen molar-refractivity contribution in [2.75, 3.05) is 6.61 Å². The predicted molar refractivity (Wildman–Crippen MR) is 49.5 cm³/mol. The first-order valence-corrected chi connectivity index (χ1v) is 4.72. The molecule has 1 heterocycles. The highest BCUT2D eigenvalue weighted by atomic mass is 19.4. The number of nitrogens with zero attached hydrogens (tertiary/aromatic N) is 1. The van der Waals surface area contributed by atoms with E-state index < -0.39 is 30.1 Å². The molecule has 1 aromatic rings. The van der Waals surface area contributed by atoms with E-state index in [4.69, 9.17) is 0 Å². The second kappa shape index (κ2) is 5.11. The topological polar surface area (TPSA) is 39.2 Å². The van der Waals surface area contributed by atoms with Gasteiger partial charge in [-0.05, 0) is 13.0 Å². The van der Waals surface area contributed by atoms with Crippen LogP contribution >= 0.6 is 0 Å². The highest BCUT2D eigenvalue weighted by Crippen LogP contribution is 2.30. The number of esters is 1. The zero-order valence-electron chi connectivity index (χ0n) is 8.84. The molecule has 0 radical (unpaired) electrons. The van der Waals surface area contributed by atoms with Gasteiger partial charge in [-0.1, -0.05) is 0 Å². The zero-order chi connectivity index (χ0) is 13.1. The molecule has 0 aliphatic carbocycles. The van der Waals surface area contributed by atoms with Crippen LogP contribution < -0.4 is 0 Å². The van der Waals surface area contributed by atoms with Gasteiger partial charge in [-0.2, -0.15) is 13.2 Å². The molecule has 17 heavy (non-hydrogen) atoms. The minimum atomic E-state index is -4.88. The number of ether oxygens (including phenoxy) is 1. The summed E-state index contributed by atoms with van der Waals surface area (Å²) in [4.78, 5) is 13.9. The van der Waals surface area contributed by atoms with E-state index >= 15 is 0 Å². The molecule has 0 aromatic carbocycles. The maximum atomic E-state index is 13.4. The summed E-state index contributed by atoms with van der Waals surface area (Å²) in [5.74, 6) is -2.32. The Hall–Kier alpha value is -1.66. The minimum Gasteiger partial charge on any atom is -0.466 e. The molecular formula is C10H9F4NO2. The predicted octanol–water partition coefficient (Wildman–Crippen LogP) is 2.35. The summed E-state index contributed by atoms with van der Waals surface area (Å²) in [6, 6.07) is 1.02. The van der Waals surface area contributed by atoms with Gasteiger partial charge in [0.15, 0.2) is 11.5 Å². The Morgan fingerprint density at radius 2 is 2.12 bits per heavy atom. The summed E-state index contributed by atoms with van der Waals surface area (Å²) in [5, 5.41) is 0. The third-order valence-electron chi connectivity index (χ3n) is 1.88. The number of carbonyl (C=O) groups excluding carboxylic acids is 1. The van der Waals surface area contributed by atoms with Gasteiger partial charge in [0.25, 0.3) is 0 Å². The van der Waals surface area contributed by atoms with Crippen molar-refractivity contribution >= 4 is 5.97 Å². The maximum absolute atomic E-state index is 13.4. The van der Waals surface area contributed by atoms with Crippen LogP contribution in [0.5, 0.6) is 0 Å². The summed E-state index contributed by atoms with van der Waals surface area (Å²) in [6.07, 6.45) is -4.62. The average molecular weight is 251 g/mol. The molecule has 0 aliphatic heterocycles. The quantitative estimate of drug-likeness (QED) is 0.611. The first-order valence-electron chi connectivity index (χ1n) is 4.72. The molecule has 0 saturated carbocycles. The summed E-state index contributed by atoms with van der Waals surface area (Å²) >= 11 is 0. The summed E-state index contributed by atoms with van der Waals surface area (Å²) in [5.41, 5.74) is -2.01. The van der Waals surface area contributed by atoms with Gasteiger partial charge >= 0.3 is 12.1 Å². The van der Waals surface area contributed by atoms with Crippen molar-refractivity contribution in [3.63, 3.8) is 0 Å². The van der Waals surface area contributed by atoms with Crippen LogP contribution in [0.1, 0.15) is 18.2 Å². The van der Waals surface area contributed by atoms with Gasteiger partial charge in [0, 0.05) is 11.8 Å². The lowest BCUT2D eigenvalue weighted by atomic mass is 10.1. The van der Waals surface area contributed by atoms with Crippen LogP contribution in [0.4, 0.5) is 17.6 Å². The van der Waals surface area contributed by atoms with Crippen molar-refractivity contribution in [3.05, 3.63) is 29.3 Å². The van der Waals surface area contributed by atoms with Gasteiger partial charge in [0.1, 0.15) is 0 Å². The van der Waals surface area contributed by atoms with Crippen LogP contribution in [0, 0.1) is 5.82 Å². The fraction of sp³-hybridized carbons (Fsp3) is 0.400. The van der Waals surface area contributed by atoms with Crippen molar-refractivity contribution in [1.82, 2.24) is 4.98 Å². The molecule has 0 amide bonds. The minimum absolute atomic E-state index is 0.0810. The zero-order valence-corrected chi connectivity index (χ0v) is 8.84. The molecule has 0 aliphatic rings. The monoisotopic (exact) mass is 251 g/mol. The Bertz CT molecular complexity index is 417. The molecule has 0 spiro atoms. The van der Waals surface area contributed by atoms with E-state index in [9.17, 15) is 22.4 Å². The number of pyridine rings is 1. The Morgan fingerprint density at radius 1 is 1.47 bits per heavy atom. The standard InChI is InChI=1S/C10H9F4NO2/c1-2-17-7(16)5-6-3-4-15-9(8(6)11)10(12,13)14/h3-4H,2,5H2,1H3.